The van der Waals surface area contributed by atoms with Crippen molar-refractivity contribution in [2.45, 2.75) is 26.4 Å². The van der Waals surface area contributed by atoms with Crippen LogP contribution in [0.5, 0.6) is 0 Å². The SMILES string of the molecule is CCCC(=O)NOCc1ccccn1.Cl. The summed E-state index contributed by atoms with van der Waals surface area (Å²) in [5.41, 5.74) is 3.15. The molecule has 0 fully saturated rings. The third kappa shape index (κ3) is 6.04. The Hall–Kier alpha value is -1.13. The smallest absolute Gasteiger partial charge is 0.243 e. The molecule has 0 saturated carbocycles. The fourth-order valence-electron chi connectivity index (χ4n) is 0.952. The molecule has 1 aromatic rings. The molecule has 1 rings (SSSR count). The molecule has 1 N–H and O–H groups in total. The number of aromatic nitrogens is 1. The Morgan fingerprint density at radius 3 is 2.93 bits per heavy atom. The number of amides is 1. The lowest BCUT2D eigenvalue weighted by Crippen LogP contribution is -2.23. The Bertz CT molecular complexity index is 280. The van der Waals surface area contributed by atoms with E-state index in [-0.39, 0.29) is 18.3 Å². The Morgan fingerprint density at radius 1 is 1.53 bits per heavy atom. The van der Waals surface area contributed by atoms with Crippen LogP contribution in [0.2, 0.25) is 0 Å². The average Bonchev–Trinajstić information content (AvgIpc) is 2.20. The Morgan fingerprint density at radius 2 is 2.33 bits per heavy atom. The van der Waals surface area contributed by atoms with Gasteiger partial charge in [0.05, 0.1) is 5.69 Å². The monoisotopic (exact) mass is 230 g/mol. The van der Waals surface area contributed by atoms with Gasteiger partial charge >= 0.3 is 0 Å². The molecule has 1 amide bonds. The van der Waals surface area contributed by atoms with E-state index in [1.807, 2.05) is 25.1 Å². The highest BCUT2D eigenvalue weighted by Gasteiger charge is 1.98. The summed E-state index contributed by atoms with van der Waals surface area (Å²) < 4.78 is 0. The van der Waals surface area contributed by atoms with Crippen LogP contribution in [0.15, 0.2) is 24.4 Å². The van der Waals surface area contributed by atoms with Gasteiger partial charge in [0.15, 0.2) is 0 Å². The number of nitrogens with zero attached hydrogens (tertiary/aromatic N) is 1. The summed E-state index contributed by atoms with van der Waals surface area (Å²) in [6.07, 6.45) is 2.99. The number of hydrogen-bond donors (Lipinski definition) is 1. The largest absolute Gasteiger partial charge is 0.273 e. The molecule has 0 spiro atoms. The van der Waals surface area contributed by atoms with E-state index >= 15 is 0 Å². The van der Waals surface area contributed by atoms with Gasteiger partial charge in [-0.15, -0.1) is 12.4 Å². The summed E-state index contributed by atoms with van der Waals surface area (Å²) in [7, 11) is 0. The summed E-state index contributed by atoms with van der Waals surface area (Å²) in [4.78, 5) is 20.0. The van der Waals surface area contributed by atoms with Crippen molar-refractivity contribution in [3.8, 4) is 0 Å². The van der Waals surface area contributed by atoms with Crippen molar-refractivity contribution in [2.24, 2.45) is 0 Å². The predicted octanol–water partition coefficient (Wildman–Crippen LogP) is 1.85. The molecule has 0 radical (unpaired) electrons. The number of rotatable bonds is 5. The molecule has 0 aliphatic carbocycles. The lowest BCUT2D eigenvalue weighted by atomic mass is 10.3. The molecular formula is C10H15ClN2O2. The molecule has 0 atom stereocenters. The van der Waals surface area contributed by atoms with Gasteiger partial charge in [-0.25, -0.2) is 5.48 Å². The van der Waals surface area contributed by atoms with E-state index in [4.69, 9.17) is 4.84 Å². The fraction of sp³-hybridized carbons (Fsp3) is 0.400. The van der Waals surface area contributed by atoms with Crippen LogP contribution in [0.4, 0.5) is 0 Å². The van der Waals surface area contributed by atoms with E-state index in [1.165, 1.54) is 0 Å². The van der Waals surface area contributed by atoms with Crippen LogP contribution in [0, 0.1) is 0 Å². The maximum Gasteiger partial charge on any atom is 0.243 e. The highest BCUT2D eigenvalue weighted by atomic mass is 35.5. The Kier molecular flexibility index (Phi) is 7.58. The van der Waals surface area contributed by atoms with Crippen molar-refractivity contribution in [3.05, 3.63) is 30.1 Å². The van der Waals surface area contributed by atoms with Gasteiger partial charge in [-0.3, -0.25) is 14.6 Å². The van der Waals surface area contributed by atoms with Gasteiger partial charge in [-0.1, -0.05) is 13.0 Å². The van der Waals surface area contributed by atoms with Crippen LogP contribution in [-0.4, -0.2) is 10.9 Å². The van der Waals surface area contributed by atoms with E-state index in [9.17, 15) is 4.79 Å². The molecule has 0 bridgehead atoms. The molecule has 0 aliphatic rings. The Labute approximate surface area is 95.4 Å². The van der Waals surface area contributed by atoms with Gasteiger partial charge in [-0.2, -0.15) is 0 Å². The van der Waals surface area contributed by atoms with Crippen molar-refractivity contribution >= 4 is 18.3 Å². The zero-order valence-corrected chi connectivity index (χ0v) is 9.42. The molecule has 4 nitrogen and oxygen atoms in total. The highest BCUT2D eigenvalue weighted by Crippen LogP contribution is 1.94. The normalized spacial score (nSPS) is 9.13. The molecule has 0 aliphatic heterocycles. The maximum absolute atomic E-state index is 11.0. The van der Waals surface area contributed by atoms with Crippen LogP contribution < -0.4 is 5.48 Å². The third-order valence-corrected chi connectivity index (χ3v) is 1.61. The summed E-state index contributed by atoms with van der Waals surface area (Å²) >= 11 is 0. The molecule has 15 heavy (non-hydrogen) atoms. The lowest BCUT2D eigenvalue weighted by Gasteiger charge is -2.03. The minimum absolute atomic E-state index is 0. The Balaban J connectivity index is 0.00000196. The highest BCUT2D eigenvalue weighted by molar-refractivity contribution is 5.85. The number of pyridine rings is 1. The number of carbonyl (C=O) groups excluding carboxylic acids is 1. The van der Waals surface area contributed by atoms with Gasteiger partial charge in [0.25, 0.3) is 0 Å². The van der Waals surface area contributed by atoms with E-state index < -0.39 is 0 Å². The average molecular weight is 231 g/mol. The molecule has 0 unspecified atom stereocenters. The second-order valence-corrected chi connectivity index (χ2v) is 2.88. The topological polar surface area (TPSA) is 51.2 Å². The zero-order valence-electron chi connectivity index (χ0n) is 8.60. The first-order chi connectivity index (χ1) is 6.83. The lowest BCUT2D eigenvalue weighted by molar-refractivity contribution is -0.134. The summed E-state index contributed by atoms with van der Waals surface area (Å²) in [5.74, 6) is -0.0940. The van der Waals surface area contributed by atoms with Crippen molar-refractivity contribution < 1.29 is 9.63 Å². The van der Waals surface area contributed by atoms with Crippen molar-refractivity contribution in [2.75, 3.05) is 0 Å². The molecule has 0 aromatic carbocycles. The van der Waals surface area contributed by atoms with E-state index in [0.717, 1.165) is 12.1 Å². The van der Waals surface area contributed by atoms with Crippen molar-refractivity contribution in [1.82, 2.24) is 10.5 Å². The standard InChI is InChI=1S/C10H14N2O2.ClH/c1-2-5-10(13)12-14-8-9-6-3-4-7-11-9;/h3-4,6-7H,2,5,8H2,1H3,(H,12,13);1H. The number of carbonyl (C=O) groups is 1. The van der Waals surface area contributed by atoms with Gasteiger partial charge in [0.2, 0.25) is 5.91 Å². The van der Waals surface area contributed by atoms with Crippen molar-refractivity contribution in [3.63, 3.8) is 0 Å². The van der Waals surface area contributed by atoms with E-state index in [0.29, 0.717) is 13.0 Å². The summed E-state index contributed by atoms with van der Waals surface area (Å²) in [5, 5.41) is 0. The van der Waals surface area contributed by atoms with Gasteiger partial charge in [0.1, 0.15) is 6.61 Å². The quantitative estimate of drug-likeness (QED) is 0.786. The fourth-order valence-corrected chi connectivity index (χ4v) is 0.952. The minimum Gasteiger partial charge on any atom is -0.273 e. The first-order valence-electron chi connectivity index (χ1n) is 4.63. The molecule has 5 heteroatoms. The summed E-state index contributed by atoms with van der Waals surface area (Å²) in [6.45, 7) is 2.24. The molecule has 1 aromatic heterocycles. The van der Waals surface area contributed by atoms with Gasteiger partial charge in [0, 0.05) is 12.6 Å². The van der Waals surface area contributed by atoms with Crippen LogP contribution in [0.1, 0.15) is 25.5 Å². The minimum atomic E-state index is -0.0940. The number of hydroxylamine groups is 1. The first-order valence-corrected chi connectivity index (χ1v) is 4.63. The second kappa shape index (κ2) is 8.20. The number of nitrogens with one attached hydrogen (secondary N) is 1. The van der Waals surface area contributed by atoms with Gasteiger partial charge < -0.3 is 0 Å². The van der Waals surface area contributed by atoms with Crippen LogP contribution >= 0.6 is 12.4 Å². The molecule has 84 valence electrons. The third-order valence-electron chi connectivity index (χ3n) is 1.61. The number of halogens is 1. The van der Waals surface area contributed by atoms with E-state index in [2.05, 4.69) is 10.5 Å². The summed E-state index contributed by atoms with van der Waals surface area (Å²) in [6, 6.07) is 5.55. The van der Waals surface area contributed by atoms with Crippen LogP contribution in [0.3, 0.4) is 0 Å². The van der Waals surface area contributed by atoms with Crippen LogP contribution in [0.25, 0.3) is 0 Å². The molecular weight excluding hydrogens is 216 g/mol. The zero-order chi connectivity index (χ0) is 10.2. The second-order valence-electron chi connectivity index (χ2n) is 2.88. The molecule has 1 heterocycles. The van der Waals surface area contributed by atoms with Gasteiger partial charge in [-0.05, 0) is 18.6 Å². The number of hydrogen-bond acceptors (Lipinski definition) is 3. The maximum atomic E-state index is 11.0. The first kappa shape index (κ1) is 13.9. The predicted molar refractivity (Wildman–Crippen MR) is 59.3 cm³/mol. The van der Waals surface area contributed by atoms with Crippen LogP contribution in [-0.2, 0) is 16.2 Å². The van der Waals surface area contributed by atoms with Crippen molar-refractivity contribution in [1.29, 1.82) is 0 Å². The van der Waals surface area contributed by atoms with E-state index in [1.54, 1.807) is 6.20 Å². The molecule has 0 saturated heterocycles.